The van der Waals surface area contributed by atoms with Crippen LogP contribution in [0.1, 0.15) is 182 Å². The van der Waals surface area contributed by atoms with Crippen LogP contribution in [0.4, 0.5) is 0 Å². The average Bonchev–Trinajstić information content (AvgIpc) is 3.11. The van der Waals surface area contributed by atoms with Crippen molar-refractivity contribution in [2.24, 2.45) is 53.3 Å². The molecule has 270 valence electrons. The Kier molecular flexibility index (Phi) is 15.8. The fourth-order valence-electron chi connectivity index (χ4n) is 10.9. The van der Waals surface area contributed by atoms with Crippen LogP contribution < -0.4 is 0 Å². The molecule has 0 aliphatic heterocycles. The number of allylic oxidation sites excluding steroid dienone is 2. The molecular weight excluding hydrogens is 572 g/mol. The molecule has 0 radical (unpaired) electrons. The highest BCUT2D eigenvalue weighted by molar-refractivity contribution is 5.20. The van der Waals surface area contributed by atoms with E-state index in [0.717, 1.165) is 55.0 Å². The van der Waals surface area contributed by atoms with Crippen molar-refractivity contribution < 1.29 is 9.47 Å². The Morgan fingerprint density at radius 2 is 1.04 bits per heavy atom. The van der Waals surface area contributed by atoms with Crippen LogP contribution in [0.25, 0.3) is 0 Å². The molecule has 0 saturated heterocycles. The number of hydrogen-bond acceptors (Lipinski definition) is 2. The molecule has 0 aromatic rings. The SMILES string of the molecule is CCCCC(CC)COC1CC(C=C(C2CCCCC2)C2CCC(C)CC2)C(OC)CC1C=C(C1CCCCC1)C1CCC(C)CC1. The third kappa shape index (κ3) is 10.9. The van der Waals surface area contributed by atoms with Crippen molar-refractivity contribution in [3.63, 3.8) is 0 Å². The monoisotopic (exact) mass is 651 g/mol. The lowest BCUT2D eigenvalue weighted by Gasteiger charge is -2.42. The smallest absolute Gasteiger partial charge is 0.0645 e. The molecule has 0 amide bonds. The van der Waals surface area contributed by atoms with Crippen LogP contribution in [0.15, 0.2) is 23.3 Å². The van der Waals surface area contributed by atoms with E-state index in [-0.39, 0.29) is 0 Å². The van der Waals surface area contributed by atoms with Crippen LogP contribution in [0.2, 0.25) is 0 Å². The molecule has 0 heterocycles. The van der Waals surface area contributed by atoms with Crippen molar-refractivity contribution in [3.8, 4) is 0 Å². The quantitative estimate of drug-likeness (QED) is 0.174. The molecule has 5 fully saturated rings. The Morgan fingerprint density at radius 1 is 0.596 bits per heavy atom. The summed E-state index contributed by atoms with van der Waals surface area (Å²) in [6.45, 7) is 10.7. The zero-order valence-electron chi connectivity index (χ0n) is 32.0. The van der Waals surface area contributed by atoms with Gasteiger partial charge in [0, 0.05) is 25.6 Å². The second kappa shape index (κ2) is 19.7. The molecule has 2 nitrogen and oxygen atoms in total. The molecule has 0 bridgehead atoms. The zero-order valence-corrected chi connectivity index (χ0v) is 32.0. The van der Waals surface area contributed by atoms with Gasteiger partial charge in [0.1, 0.15) is 0 Å². The first-order valence-electron chi connectivity index (χ1n) is 21.6. The topological polar surface area (TPSA) is 18.5 Å². The van der Waals surface area contributed by atoms with Gasteiger partial charge in [0.2, 0.25) is 0 Å². The molecule has 0 spiro atoms. The molecule has 5 aliphatic rings. The standard InChI is InChI=1S/C45H78O2/c1-6-8-15-35(7-2)32-47-45-31-40(28-42(36-16-11-9-12-17-36)38-24-20-33(3)21-25-38)44(46-5)30-41(45)29-43(37-18-13-10-14-19-37)39-26-22-34(4)23-27-39/h28-29,33-41,44-45H,6-27,30-32H2,1-5H3. The summed E-state index contributed by atoms with van der Waals surface area (Å²) < 4.78 is 13.8. The molecule has 5 aliphatic carbocycles. The van der Waals surface area contributed by atoms with Crippen LogP contribution >= 0.6 is 0 Å². The van der Waals surface area contributed by atoms with Gasteiger partial charge in [-0.2, -0.15) is 0 Å². The highest BCUT2D eigenvalue weighted by Crippen LogP contribution is 2.46. The molecular formula is C45H78O2. The fraction of sp³-hybridized carbons (Fsp3) is 0.911. The maximum Gasteiger partial charge on any atom is 0.0645 e. The number of methoxy groups -OCH3 is 1. The summed E-state index contributed by atoms with van der Waals surface area (Å²) in [6, 6.07) is 0. The minimum atomic E-state index is 0.318. The van der Waals surface area contributed by atoms with Crippen LogP contribution in [-0.2, 0) is 9.47 Å². The minimum absolute atomic E-state index is 0.318. The summed E-state index contributed by atoms with van der Waals surface area (Å²) in [4.78, 5) is 0. The molecule has 0 aromatic heterocycles. The Labute approximate surface area is 293 Å². The van der Waals surface area contributed by atoms with Gasteiger partial charge in [-0.25, -0.2) is 0 Å². The number of hydrogen-bond donors (Lipinski definition) is 0. The van der Waals surface area contributed by atoms with Crippen LogP contribution in [0.3, 0.4) is 0 Å². The van der Waals surface area contributed by atoms with E-state index >= 15 is 0 Å². The summed E-state index contributed by atoms with van der Waals surface area (Å²) in [5, 5.41) is 0. The third-order valence-corrected chi connectivity index (χ3v) is 14.3. The van der Waals surface area contributed by atoms with Gasteiger partial charge in [-0.3, -0.25) is 0 Å². The van der Waals surface area contributed by atoms with E-state index in [1.54, 1.807) is 0 Å². The Bertz CT molecular complexity index is 922. The second-order valence-electron chi connectivity index (χ2n) is 17.8. The normalized spacial score (nSPS) is 36.4. The summed E-state index contributed by atoms with van der Waals surface area (Å²) in [5.74, 6) is 6.79. The van der Waals surface area contributed by atoms with Gasteiger partial charge in [0.05, 0.1) is 12.2 Å². The summed E-state index contributed by atoms with van der Waals surface area (Å²) in [6.07, 6.45) is 39.5. The lowest BCUT2D eigenvalue weighted by Crippen LogP contribution is -2.41. The zero-order chi connectivity index (χ0) is 33.0. The average molecular weight is 651 g/mol. The van der Waals surface area contributed by atoms with Crippen molar-refractivity contribution in [2.45, 2.75) is 194 Å². The molecule has 0 aromatic carbocycles. The van der Waals surface area contributed by atoms with Gasteiger partial charge in [-0.15, -0.1) is 0 Å². The van der Waals surface area contributed by atoms with Crippen LogP contribution in [0, 0.1) is 53.3 Å². The largest absolute Gasteiger partial charge is 0.381 e. The maximum absolute atomic E-state index is 7.22. The Morgan fingerprint density at radius 3 is 1.49 bits per heavy atom. The molecule has 2 heteroatoms. The van der Waals surface area contributed by atoms with Crippen LogP contribution in [0.5, 0.6) is 0 Å². The van der Waals surface area contributed by atoms with Gasteiger partial charge < -0.3 is 9.47 Å². The molecule has 5 saturated carbocycles. The van der Waals surface area contributed by atoms with E-state index in [4.69, 9.17) is 9.47 Å². The highest BCUT2D eigenvalue weighted by Gasteiger charge is 2.39. The van der Waals surface area contributed by atoms with Gasteiger partial charge >= 0.3 is 0 Å². The van der Waals surface area contributed by atoms with Crippen molar-refractivity contribution in [1.29, 1.82) is 0 Å². The van der Waals surface area contributed by atoms with Gasteiger partial charge in [-0.05, 0) is 112 Å². The molecule has 0 N–H and O–H groups in total. The van der Waals surface area contributed by atoms with E-state index in [2.05, 4.69) is 39.8 Å². The lowest BCUT2D eigenvalue weighted by atomic mass is 9.67. The van der Waals surface area contributed by atoms with Gasteiger partial charge in [-0.1, -0.05) is 134 Å². The summed E-state index contributed by atoms with van der Waals surface area (Å²) in [5.41, 5.74) is 3.74. The summed E-state index contributed by atoms with van der Waals surface area (Å²) in [7, 11) is 2.03. The van der Waals surface area contributed by atoms with E-state index in [0.29, 0.717) is 30.0 Å². The lowest BCUT2D eigenvalue weighted by molar-refractivity contribution is -0.0690. The number of rotatable bonds is 14. The predicted octanol–water partition coefficient (Wildman–Crippen LogP) is 13.3. The molecule has 5 rings (SSSR count). The van der Waals surface area contributed by atoms with E-state index in [9.17, 15) is 0 Å². The van der Waals surface area contributed by atoms with Crippen molar-refractivity contribution in [2.75, 3.05) is 13.7 Å². The van der Waals surface area contributed by atoms with E-state index < -0.39 is 0 Å². The third-order valence-electron chi connectivity index (χ3n) is 14.3. The minimum Gasteiger partial charge on any atom is -0.381 e. The van der Waals surface area contributed by atoms with Gasteiger partial charge in [0.15, 0.2) is 0 Å². The number of ether oxygens (including phenoxy) is 2. The Balaban J connectivity index is 1.43. The van der Waals surface area contributed by atoms with Crippen LogP contribution in [-0.4, -0.2) is 25.9 Å². The summed E-state index contributed by atoms with van der Waals surface area (Å²) >= 11 is 0. The molecule has 5 unspecified atom stereocenters. The van der Waals surface area contributed by atoms with Crippen molar-refractivity contribution in [1.82, 2.24) is 0 Å². The van der Waals surface area contributed by atoms with E-state index in [1.807, 2.05) is 18.3 Å². The fourth-order valence-corrected chi connectivity index (χ4v) is 10.9. The number of unbranched alkanes of at least 4 members (excludes halogenated alkanes) is 1. The maximum atomic E-state index is 7.22. The second-order valence-corrected chi connectivity index (χ2v) is 17.8. The first-order valence-corrected chi connectivity index (χ1v) is 21.6. The molecule has 47 heavy (non-hydrogen) atoms. The highest BCUT2D eigenvalue weighted by atomic mass is 16.5. The molecule has 5 atom stereocenters. The Hall–Kier alpha value is -0.600. The van der Waals surface area contributed by atoms with Crippen molar-refractivity contribution >= 4 is 0 Å². The van der Waals surface area contributed by atoms with E-state index in [1.165, 1.54) is 141 Å². The first kappa shape index (κ1) is 37.7. The van der Waals surface area contributed by atoms with Gasteiger partial charge in [0.25, 0.3) is 0 Å². The van der Waals surface area contributed by atoms with Crippen molar-refractivity contribution in [3.05, 3.63) is 23.3 Å². The predicted molar refractivity (Wildman–Crippen MR) is 202 cm³/mol. The first-order chi connectivity index (χ1) is 23.0.